The maximum atomic E-state index is 9.19. The molecular formula is C94H79N7. The van der Waals surface area contributed by atoms with E-state index < -0.39 is 0 Å². The number of fused-ring (bicyclic) bond motifs is 1. The van der Waals surface area contributed by atoms with Gasteiger partial charge in [-0.2, -0.15) is 5.26 Å². The molecular weight excluding hydrogens is 1230 g/mol. The number of benzene rings is 15. The molecule has 7 nitrogen and oxygen atoms in total. The molecule has 0 aromatic heterocycles. The van der Waals surface area contributed by atoms with Gasteiger partial charge in [0.05, 0.1) is 11.6 Å². The Bertz CT molecular complexity index is 5000. The lowest BCUT2D eigenvalue weighted by Crippen LogP contribution is -2.12. The molecule has 0 saturated heterocycles. The lowest BCUT2D eigenvalue weighted by molar-refractivity contribution is 1.20. The van der Waals surface area contributed by atoms with Gasteiger partial charge in [0.2, 0.25) is 0 Å². The molecule has 0 spiro atoms. The van der Waals surface area contributed by atoms with Gasteiger partial charge in [0.1, 0.15) is 0 Å². The van der Waals surface area contributed by atoms with Gasteiger partial charge in [-0.3, -0.25) is 0 Å². The van der Waals surface area contributed by atoms with Gasteiger partial charge in [-0.1, -0.05) is 217 Å². The zero-order valence-electron chi connectivity index (χ0n) is 57.6. The van der Waals surface area contributed by atoms with Gasteiger partial charge in [-0.25, -0.2) is 0 Å². The molecule has 0 heterocycles. The molecule has 0 aliphatic heterocycles. The molecule has 0 fully saturated rings. The molecule has 15 aromatic carbocycles. The first-order valence-corrected chi connectivity index (χ1v) is 34.1. The number of rotatable bonds is 17. The largest absolute Gasteiger partial charge is 0.345 e. The number of hydrogen-bond donors (Lipinski definition) is 0. The molecule has 0 radical (unpaired) electrons. The maximum Gasteiger partial charge on any atom is 0.0992 e. The molecule has 101 heavy (non-hydrogen) atoms. The molecule has 0 aliphatic carbocycles. The van der Waals surface area contributed by atoms with E-state index in [1.807, 2.05) is 37.4 Å². The van der Waals surface area contributed by atoms with Crippen molar-refractivity contribution >= 4 is 96.1 Å². The number of aryl methyl sites for hydroxylation is 2. The smallest absolute Gasteiger partial charge is 0.0992 e. The van der Waals surface area contributed by atoms with Crippen LogP contribution in [0.5, 0.6) is 0 Å². The van der Waals surface area contributed by atoms with E-state index in [1.54, 1.807) is 0 Å². The van der Waals surface area contributed by atoms with Crippen LogP contribution in [-0.4, -0.2) is 21.1 Å². The highest BCUT2D eigenvalue weighted by Gasteiger charge is 2.17. The molecule has 0 unspecified atom stereocenters. The highest BCUT2D eigenvalue weighted by Crippen LogP contribution is 2.41. The number of para-hydroxylation sites is 5. The van der Waals surface area contributed by atoms with Crippen molar-refractivity contribution in [2.24, 2.45) is 0 Å². The third kappa shape index (κ3) is 16.0. The second-order valence-electron chi connectivity index (χ2n) is 24.9. The van der Waals surface area contributed by atoms with E-state index in [2.05, 4.69) is 421 Å². The Morgan fingerprint density at radius 1 is 0.218 bits per heavy atom. The van der Waals surface area contributed by atoms with E-state index in [-0.39, 0.29) is 0 Å². The molecule has 15 aromatic rings. The molecule has 0 saturated carbocycles. The van der Waals surface area contributed by atoms with Gasteiger partial charge in [0.25, 0.3) is 0 Å². The molecule has 7 heteroatoms. The first-order chi connectivity index (χ1) is 49.6. The number of nitrogens with zero attached hydrogens (tertiary/aromatic N) is 7. The highest BCUT2D eigenvalue weighted by molar-refractivity contribution is 5.96. The second-order valence-corrected chi connectivity index (χ2v) is 24.9. The quantitative estimate of drug-likeness (QED) is 0.0900. The van der Waals surface area contributed by atoms with Crippen molar-refractivity contribution in [2.75, 3.05) is 50.5 Å². The zero-order chi connectivity index (χ0) is 69.3. The van der Waals surface area contributed by atoms with E-state index in [9.17, 15) is 5.26 Å². The molecule has 0 aliphatic rings. The Balaban J connectivity index is 0.000000136. The normalized spacial score (nSPS) is 10.6. The maximum absolute atomic E-state index is 9.19. The van der Waals surface area contributed by atoms with Crippen LogP contribution in [0, 0.1) is 25.2 Å². The predicted molar refractivity (Wildman–Crippen MR) is 429 cm³/mol. The van der Waals surface area contributed by atoms with Crippen molar-refractivity contribution in [1.82, 2.24) is 0 Å². The van der Waals surface area contributed by atoms with Crippen LogP contribution < -0.4 is 29.4 Å². The molecule has 0 amide bonds. The van der Waals surface area contributed by atoms with Crippen LogP contribution in [0.1, 0.15) is 16.7 Å². The van der Waals surface area contributed by atoms with Gasteiger partial charge >= 0.3 is 0 Å². The van der Waals surface area contributed by atoms with Crippen LogP contribution in [0.3, 0.4) is 0 Å². The van der Waals surface area contributed by atoms with Crippen LogP contribution in [0.25, 0.3) is 33.0 Å². The molecule has 0 bridgehead atoms. The number of hydrogen-bond acceptors (Lipinski definition) is 7. The molecule has 0 N–H and O–H groups in total. The first-order valence-electron chi connectivity index (χ1n) is 34.1. The number of nitriles is 1. The zero-order valence-corrected chi connectivity index (χ0v) is 57.6. The summed E-state index contributed by atoms with van der Waals surface area (Å²) in [5.41, 5.74) is 24.9. The lowest BCUT2D eigenvalue weighted by atomic mass is 10.0. The van der Waals surface area contributed by atoms with Crippen molar-refractivity contribution in [3.63, 3.8) is 0 Å². The van der Waals surface area contributed by atoms with Crippen molar-refractivity contribution in [1.29, 1.82) is 5.26 Å². The van der Waals surface area contributed by atoms with Gasteiger partial charge in [0, 0.05) is 112 Å². The van der Waals surface area contributed by atoms with Crippen molar-refractivity contribution in [3.8, 4) is 28.3 Å². The Labute approximate surface area is 595 Å². The number of anilines is 15. The van der Waals surface area contributed by atoms with Gasteiger partial charge < -0.3 is 29.4 Å². The van der Waals surface area contributed by atoms with Crippen molar-refractivity contribution in [3.05, 3.63) is 405 Å². The minimum absolute atomic E-state index is 0.658. The fourth-order valence-corrected chi connectivity index (χ4v) is 12.6. The van der Waals surface area contributed by atoms with Crippen LogP contribution in [0.15, 0.2) is 388 Å². The summed E-state index contributed by atoms with van der Waals surface area (Å²) in [5, 5.41) is 11.7. The van der Waals surface area contributed by atoms with E-state index in [1.165, 1.54) is 61.2 Å². The highest BCUT2D eigenvalue weighted by atomic mass is 15.2. The van der Waals surface area contributed by atoms with Crippen LogP contribution in [0.4, 0.5) is 85.3 Å². The topological polar surface area (TPSA) is 43.2 Å². The summed E-state index contributed by atoms with van der Waals surface area (Å²) in [4.78, 5) is 13.4. The fourth-order valence-electron chi connectivity index (χ4n) is 12.6. The summed E-state index contributed by atoms with van der Waals surface area (Å²) in [5.74, 6) is 0. The Hall–Kier alpha value is -13.2. The average Bonchev–Trinajstić information content (AvgIpc) is 0.866. The molecule has 0 atom stereocenters. The van der Waals surface area contributed by atoms with Gasteiger partial charge in [-0.05, 0) is 223 Å². The summed E-state index contributed by atoms with van der Waals surface area (Å²) >= 11 is 0. The summed E-state index contributed by atoms with van der Waals surface area (Å²) in [6.45, 7) is 4.21. The van der Waals surface area contributed by atoms with E-state index in [4.69, 9.17) is 0 Å². The van der Waals surface area contributed by atoms with Crippen LogP contribution in [-0.2, 0) is 0 Å². The molecule has 490 valence electrons. The van der Waals surface area contributed by atoms with E-state index in [0.29, 0.717) is 5.56 Å². The summed E-state index contributed by atoms with van der Waals surface area (Å²) < 4.78 is 0. The third-order valence-corrected chi connectivity index (χ3v) is 18.2. The lowest BCUT2D eigenvalue weighted by Gasteiger charge is -2.27. The Kier molecular flexibility index (Phi) is 20.9. The summed E-state index contributed by atoms with van der Waals surface area (Å²) in [7, 11) is 6.25. The fraction of sp³-hybridized carbons (Fsp3) is 0.0532. The van der Waals surface area contributed by atoms with Crippen molar-refractivity contribution in [2.45, 2.75) is 13.8 Å². The van der Waals surface area contributed by atoms with E-state index in [0.717, 1.165) is 68.2 Å². The summed E-state index contributed by atoms with van der Waals surface area (Å²) in [6, 6.07) is 138. The first kappa shape index (κ1) is 66.5. The Morgan fingerprint density at radius 3 is 0.842 bits per heavy atom. The standard InChI is InChI=1S/C35H28N2.C31H26N2.C28H25N3/c1-36(35-18-10-12-29-11-8-9-17-34(29)35)30-23-19-27(20-24-30)28-21-25-33(26-22-28)37(31-13-4-2-5-14-31)32-15-6-3-7-16-32;1-32(27-11-5-2-6-12-27)28-21-17-25(18-22-28)26-19-23-31(24-20-26)33(29-13-7-3-8-14-29)30-15-9-4-10-16-30;1-21-7-11-25(12-8-21)31(26-13-9-22(2)10-14-26)27-17-15-24(16-18-27)30(3)28-6-4-5-23(19-28)20-29/h2-26H,1H3;2-24H,1H3;4-19H,1-3H3. The molecule has 15 rings (SSSR count). The van der Waals surface area contributed by atoms with Crippen molar-refractivity contribution < 1.29 is 0 Å². The van der Waals surface area contributed by atoms with Gasteiger partial charge in [0.15, 0.2) is 0 Å². The van der Waals surface area contributed by atoms with Crippen LogP contribution >= 0.6 is 0 Å². The van der Waals surface area contributed by atoms with Gasteiger partial charge in [-0.15, -0.1) is 0 Å². The van der Waals surface area contributed by atoms with Crippen LogP contribution in [0.2, 0.25) is 0 Å². The minimum atomic E-state index is 0.658. The monoisotopic (exact) mass is 1310 g/mol. The van der Waals surface area contributed by atoms with E-state index >= 15 is 0 Å². The predicted octanol–water partition coefficient (Wildman–Crippen LogP) is 25.7. The summed E-state index contributed by atoms with van der Waals surface area (Å²) in [6.07, 6.45) is 0. The average molecular weight is 1310 g/mol. The minimum Gasteiger partial charge on any atom is -0.345 e. The Morgan fingerprint density at radius 2 is 0.465 bits per heavy atom. The SMILES string of the molecule is CN(c1ccc(-c2ccc(N(c3ccccc3)c3ccccc3)cc2)cc1)c1cccc2ccccc12.CN(c1ccccc1)c1ccc(-c2ccc(N(c3ccccc3)c3ccccc3)cc2)cc1.Cc1ccc(N(c2ccc(C)cc2)c2ccc(N(C)c3cccc(C#N)c3)cc2)cc1. The second kappa shape index (κ2) is 31.8. The third-order valence-electron chi connectivity index (χ3n) is 18.2.